The number of hydrogen-bond acceptors (Lipinski definition) is 2. The van der Waals surface area contributed by atoms with E-state index in [0.29, 0.717) is 19.0 Å². The molecule has 0 bridgehead atoms. The van der Waals surface area contributed by atoms with Crippen LogP contribution in [0.25, 0.3) is 0 Å². The van der Waals surface area contributed by atoms with E-state index in [1.807, 2.05) is 24.9 Å². The molecular weight excluding hydrogens is 410 g/mol. The Bertz CT molecular complexity index is 549. The molecule has 130 valence electrons. The summed E-state index contributed by atoms with van der Waals surface area (Å²) in [4.78, 5) is 17.7. The van der Waals surface area contributed by atoms with Gasteiger partial charge in [0, 0.05) is 20.1 Å². The fourth-order valence-electron chi connectivity index (χ4n) is 1.80. The SMILES string of the molecule is CCNC(=NCC(C)(C)C(N)=O)N(C)Cc1cccc(F)c1.I. The molecule has 0 unspecified atom stereocenters. The van der Waals surface area contributed by atoms with Crippen molar-refractivity contribution in [1.82, 2.24) is 10.2 Å². The van der Waals surface area contributed by atoms with Gasteiger partial charge in [-0.1, -0.05) is 12.1 Å². The number of carbonyl (C=O) groups is 1. The smallest absolute Gasteiger partial charge is 0.224 e. The number of amides is 1. The van der Waals surface area contributed by atoms with E-state index >= 15 is 0 Å². The molecule has 1 rings (SSSR count). The van der Waals surface area contributed by atoms with Gasteiger partial charge in [-0.05, 0) is 38.5 Å². The minimum absolute atomic E-state index is 0. The van der Waals surface area contributed by atoms with Gasteiger partial charge in [-0.15, -0.1) is 24.0 Å². The molecular formula is C16H26FIN4O. The van der Waals surface area contributed by atoms with Crippen molar-refractivity contribution in [3.05, 3.63) is 35.6 Å². The topological polar surface area (TPSA) is 70.7 Å². The average molecular weight is 436 g/mol. The summed E-state index contributed by atoms with van der Waals surface area (Å²) >= 11 is 0. The maximum Gasteiger partial charge on any atom is 0.224 e. The second-order valence-corrected chi connectivity index (χ2v) is 5.90. The number of aliphatic imine (C=N–C) groups is 1. The number of halogens is 2. The normalized spacial score (nSPS) is 11.6. The van der Waals surface area contributed by atoms with Crippen molar-refractivity contribution in [3.63, 3.8) is 0 Å². The monoisotopic (exact) mass is 436 g/mol. The Balaban J connectivity index is 0.00000484. The van der Waals surface area contributed by atoms with Gasteiger partial charge in [-0.2, -0.15) is 0 Å². The van der Waals surface area contributed by atoms with Crippen LogP contribution in [-0.2, 0) is 11.3 Å². The van der Waals surface area contributed by atoms with Crippen LogP contribution in [0.1, 0.15) is 26.3 Å². The molecule has 0 spiro atoms. The maximum absolute atomic E-state index is 13.2. The predicted molar refractivity (Wildman–Crippen MR) is 102 cm³/mol. The lowest BCUT2D eigenvalue weighted by Gasteiger charge is -2.24. The zero-order chi connectivity index (χ0) is 16.8. The van der Waals surface area contributed by atoms with Crippen molar-refractivity contribution in [1.29, 1.82) is 0 Å². The standard InChI is InChI=1S/C16H25FN4O.HI/c1-5-19-15(20-11-16(2,3)14(18)22)21(4)10-12-7-6-8-13(17)9-12;/h6-9H,5,10-11H2,1-4H3,(H2,18,22)(H,19,20);1H. The van der Waals surface area contributed by atoms with Crippen molar-refractivity contribution >= 4 is 35.8 Å². The third-order valence-electron chi connectivity index (χ3n) is 3.30. The number of rotatable bonds is 6. The first-order chi connectivity index (χ1) is 10.3. The van der Waals surface area contributed by atoms with E-state index < -0.39 is 5.41 Å². The number of guanidine groups is 1. The largest absolute Gasteiger partial charge is 0.369 e. The highest BCUT2D eigenvalue weighted by Crippen LogP contribution is 2.14. The third kappa shape index (κ3) is 7.15. The fourth-order valence-corrected chi connectivity index (χ4v) is 1.80. The van der Waals surface area contributed by atoms with Gasteiger partial charge in [-0.25, -0.2) is 4.39 Å². The van der Waals surface area contributed by atoms with Gasteiger partial charge in [0.1, 0.15) is 5.82 Å². The van der Waals surface area contributed by atoms with Crippen LogP contribution in [0.4, 0.5) is 4.39 Å². The Morgan fingerprint density at radius 2 is 2.09 bits per heavy atom. The Morgan fingerprint density at radius 1 is 1.43 bits per heavy atom. The van der Waals surface area contributed by atoms with Gasteiger partial charge in [-0.3, -0.25) is 9.79 Å². The second-order valence-electron chi connectivity index (χ2n) is 5.90. The summed E-state index contributed by atoms with van der Waals surface area (Å²) in [6.45, 7) is 6.98. The van der Waals surface area contributed by atoms with Gasteiger partial charge < -0.3 is 16.0 Å². The quantitative estimate of drug-likeness (QED) is 0.409. The van der Waals surface area contributed by atoms with Crippen molar-refractivity contribution < 1.29 is 9.18 Å². The Kier molecular flexibility index (Phi) is 9.11. The Morgan fingerprint density at radius 3 is 2.61 bits per heavy atom. The Labute approximate surface area is 154 Å². The minimum Gasteiger partial charge on any atom is -0.369 e. The van der Waals surface area contributed by atoms with Crippen molar-refractivity contribution in [2.75, 3.05) is 20.1 Å². The maximum atomic E-state index is 13.2. The highest BCUT2D eigenvalue weighted by atomic mass is 127. The summed E-state index contributed by atoms with van der Waals surface area (Å²) in [6.07, 6.45) is 0. The molecule has 0 saturated carbocycles. The molecule has 0 atom stereocenters. The molecule has 7 heteroatoms. The van der Waals surface area contributed by atoms with Gasteiger partial charge in [0.05, 0.1) is 12.0 Å². The summed E-state index contributed by atoms with van der Waals surface area (Å²) in [7, 11) is 1.86. The van der Waals surface area contributed by atoms with Crippen LogP contribution in [0.2, 0.25) is 0 Å². The van der Waals surface area contributed by atoms with Gasteiger partial charge >= 0.3 is 0 Å². The molecule has 0 saturated heterocycles. The number of carbonyl (C=O) groups excluding carboxylic acids is 1. The van der Waals surface area contributed by atoms with Gasteiger partial charge in [0.25, 0.3) is 0 Å². The summed E-state index contributed by atoms with van der Waals surface area (Å²) in [5.74, 6) is 0.00340. The van der Waals surface area contributed by atoms with E-state index in [2.05, 4.69) is 10.3 Å². The van der Waals surface area contributed by atoms with Crippen LogP contribution in [-0.4, -0.2) is 36.9 Å². The molecule has 0 aromatic heterocycles. The van der Waals surface area contributed by atoms with E-state index in [9.17, 15) is 9.18 Å². The van der Waals surface area contributed by atoms with Crippen molar-refractivity contribution in [2.24, 2.45) is 16.1 Å². The molecule has 0 aliphatic carbocycles. The fraction of sp³-hybridized carbons (Fsp3) is 0.500. The highest BCUT2D eigenvalue weighted by molar-refractivity contribution is 14.0. The molecule has 5 nitrogen and oxygen atoms in total. The summed E-state index contributed by atoms with van der Waals surface area (Å²) in [5, 5.41) is 3.16. The molecule has 1 aromatic rings. The lowest BCUT2D eigenvalue weighted by molar-refractivity contribution is -0.125. The molecule has 0 radical (unpaired) electrons. The van der Waals surface area contributed by atoms with Crippen LogP contribution < -0.4 is 11.1 Å². The highest BCUT2D eigenvalue weighted by Gasteiger charge is 2.24. The average Bonchev–Trinajstić information content (AvgIpc) is 2.43. The predicted octanol–water partition coefficient (Wildman–Crippen LogP) is 2.35. The number of benzene rings is 1. The molecule has 1 amide bonds. The molecule has 0 aliphatic rings. The first-order valence-electron chi connectivity index (χ1n) is 7.30. The molecule has 0 aliphatic heterocycles. The Hall–Kier alpha value is -1.38. The van der Waals surface area contributed by atoms with E-state index in [4.69, 9.17) is 5.73 Å². The van der Waals surface area contributed by atoms with Crippen molar-refractivity contribution in [3.8, 4) is 0 Å². The molecule has 0 heterocycles. The number of primary amides is 1. The first-order valence-corrected chi connectivity index (χ1v) is 7.30. The molecule has 3 N–H and O–H groups in total. The molecule has 23 heavy (non-hydrogen) atoms. The minimum atomic E-state index is -0.708. The summed E-state index contributed by atoms with van der Waals surface area (Å²) in [5.41, 5.74) is 5.50. The van der Waals surface area contributed by atoms with Crippen molar-refractivity contribution in [2.45, 2.75) is 27.3 Å². The van der Waals surface area contributed by atoms with Crippen LogP contribution in [0.3, 0.4) is 0 Å². The number of nitrogens with two attached hydrogens (primary N) is 1. The van der Waals surface area contributed by atoms with Crippen LogP contribution in [0.15, 0.2) is 29.3 Å². The van der Waals surface area contributed by atoms with Gasteiger partial charge in [0.15, 0.2) is 5.96 Å². The molecule has 0 fully saturated rings. The lowest BCUT2D eigenvalue weighted by atomic mass is 9.93. The van der Waals surface area contributed by atoms with E-state index in [0.717, 1.165) is 5.56 Å². The van der Waals surface area contributed by atoms with E-state index in [-0.39, 0.29) is 42.2 Å². The zero-order valence-corrected chi connectivity index (χ0v) is 16.4. The van der Waals surface area contributed by atoms with E-state index in [1.165, 1.54) is 12.1 Å². The lowest BCUT2D eigenvalue weighted by Crippen LogP contribution is -2.40. The zero-order valence-electron chi connectivity index (χ0n) is 14.1. The third-order valence-corrected chi connectivity index (χ3v) is 3.30. The van der Waals surface area contributed by atoms with Crippen LogP contribution in [0.5, 0.6) is 0 Å². The number of nitrogens with zero attached hydrogens (tertiary/aromatic N) is 2. The molecule has 1 aromatic carbocycles. The number of hydrogen-bond donors (Lipinski definition) is 2. The van der Waals surface area contributed by atoms with Crippen LogP contribution >= 0.6 is 24.0 Å². The first kappa shape index (κ1) is 21.6. The second kappa shape index (κ2) is 9.69. The number of nitrogens with one attached hydrogen (secondary N) is 1. The van der Waals surface area contributed by atoms with Gasteiger partial charge in [0.2, 0.25) is 5.91 Å². The summed E-state index contributed by atoms with van der Waals surface area (Å²) in [6, 6.07) is 6.45. The van der Waals surface area contributed by atoms with Crippen LogP contribution in [0, 0.1) is 11.2 Å². The summed E-state index contributed by atoms with van der Waals surface area (Å²) < 4.78 is 13.2. The van der Waals surface area contributed by atoms with E-state index in [1.54, 1.807) is 19.9 Å².